The lowest BCUT2D eigenvalue weighted by Gasteiger charge is -2.11. The zero-order chi connectivity index (χ0) is 18.7. The predicted molar refractivity (Wildman–Crippen MR) is 94.1 cm³/mol. The fraction of sp³-hybridized carbons (Fsp3) is 0.294. The highest BCUT2D eigenvalue weighted by Crippen LogP contribution is 2.37. The fourth-order valence-corrected chi connectivity index (χ4v) is 3.32. The minimum absolute atomic E-state index is 0.281. The third-order valence-corrected chi connectivity index (χ3v) is 4.62. The Hall–Kier alpha value is -2.42. The van der Waals surface area contributed by atoms with Crippen molar-refractivity contribution in [2.45, 2.75) is 26.1 Å². The van der Waals surface area contributed by atoms with Gasteiger partial charge in [0.1, 0.15) is 12.1 Å². The molecule has 0 radical (unpaired) electrons. The van der Waals surface area contributed by atoms with Gasteiger partial charge in [-0.05, 0) is 32.1 Å². The number of ether oxygens (including phenoxy) is 1. The minimum Gasteiger partial charge on any atom is -0.464 e. The molecule has 4 rings (SSSR count). The Balaban J connectivity index is 0.000000153. The molecule has 0 aliphatic carbocycles. The van der Waals surface area contributed by atoms with Gasteiger partial charge in [-0.15, -0.1) is 22.0 Å². The Bertz CT molecular complexity index is 843. The van der Waals surface area contributed by atoms with Gasteiger partial charge in [0.15, 0.2) is 0 Å². The summed E-state index contributed by atoms with van der Waals surface area (Å²) in [6.07, 6.45) is 0.426. The van der Waals surface area contributed by atoms with Crippen molar-refractivity contribution in [1.29, 1.82) is 0 Å². The van der Waals surface area contributed by atoms with E-state index in [1.807, 2.05) is 24.3 Å². The summed E-state index contributed by atoms with van der Waals surface area (Å²) in [5.41, 5.74) is 2.34. The van der Waals surface area contributed by atoms with Crippen LogP contribution in [0.25, 0.3) is 5.70 Å². The molecule has 0 saturated carbocycles. The van der Waals surface area contributed by atoms with E-state index in [9.17, 15) is 13.2 Å². The number of benzene rings is 1. The molecule has 0 atom stereocenters. The third kappa shape index (κ3) is 3.87. The second-order valence-electron chi connectivity index (χ2n) is 5.77. The van der Waals surface area contributed by atoms with E-state index in [0.717, 1.165) is 28.1 Å². The van der Waals surface area contributed by atoms with E-state index in [1.165, 1.54) is 10.6 Å². The number of nitrogens with one attached hydrogen (secondary N) is 1. The minimum atomic E-state index is -4.42. The number of para-hydroxylation sites is 1. The smallest absolute Gasteiger partial charge is 0.451 e. The molecule has 1 N–H and O–H groups in total. The van der Waals surface area contributed by atoms with Crippen molar-refractivity contribution in [2.24, 2.45) is 0 Å². The molecular formula is C17H17F3N4OS. The van der Waals surface area contributed by atoms with Gasteiger partial charge >= 0.3 is 6.18 Å². The number of aromatic nitrogens is 3. The lowest BCUT2D eigenvalue weighted by atomic mass is 10.1. The molecule has 3 heterocycles. The summed E-state index contributed by atoms with van der Waals surface area (Å²) >= 11 is 1.80. The van der Waals surface area contributed by atoms with Crippen LogP contribution in [0.4, 0.5) is 13.2 Å². The molecule has 0 amide bonds. The number of alkyl halides is 3. The van der Waals surface area contributed by atoms with Crippen molar-refractivity contribution in [2.75, 3.05) is 5.88 Å². The van der Waals surface area contributed by atoms with Crippen LogP contribution < -0.4 is 10.1 Å². The van der Waals surface area contributed by atoms with Gasteiger partial charge < -0.3 is 14.6 Å². The molecule has 2 aliphatic rings. The van der Waals surface area contributed by atoms with E-state index in [0.29, 0.717) is 0 Å². The molecule has 1 aromatic heterocycles. The highest BCUT2D eigenvalue weighted by Gasteiger charge is 2.37. The van der Waals surface area contributed by atoms with E-state index in [2.05, 4.69) is 21.6 Å². The molecule has 138 valence electrons. The van der Waals surface area contributed by atoms with E-state index in [1.54, 1.807) is 31.9 Å². The number of nitrogens with zero attached hydrogens (tertiary/aromatic N) is 3. The summed E-state index contributed by atoms with van der Waals surface area (Å²) in [7, 11) is 0. The number of hydrogen-bond acceptors (Lipinski definition) is 5. The lowest BCUT2D eigenvalue weighted by molar-refractivity contribution is -0.148. The molecule has 0 spiro atoms. The SMILES string of the molecule is C1=CC2=C(NCS2)c2ccccc2O1.CC(C)n1cnnc1C(F)(F)F. The van der Waals surface area contributed by atoms with Gasteiger partial charge in [0, 0.05) is 16.5 Å². The summed E-state index contributed by atoms with van der Waals surface area (Å²) in [4.78, 5) is 1.26. The van der Waals surface area contributed by atoms with Gasteiger partial charge in [0.2, 0.25) is 5.82 Å². The average Bonchev–Trinajstić information content (AvgIpc) is 3.22. The molecule has 2 aliphatic heterocycles. The Labute approximate surface area is 152 Å². The van der Waals surface area contributed by atoms with Crippen LogP contribution in [0.3, 0.4) is 0 Å². The number of halogens is 3. The van der Waals surface area contributed by atoms with Crippen molar-refractivity contribution in [1.82, 2.24) is 20.1 Å². The van der Waals surface area contributed by atoms with Crippen LogP contribution in [0.5, 0.6) is 5.75 Å². The first-order valence-electron chi connectivity index (χ1n) is 7.88. The maximum atomic E-state index is 12.1. The second-order valence-corrected chi connectivity index (χ2v) is 6.79. The van der Waals surface area contributed by atoms with Crippen LogP contribution in [-0.2, 0) is 6.18 Å². The van der Waals surface area contributed by atoms with Crippen LogP contribution in [0.1, 0.15) is 31.3 Å². The topological polar surface area (TPSA) is 52.0 Å². The summed E-state index contributed by atoms with van der Waals surface area (Å²) < 4.78 is 42.9. The molecular weight excluding hydrogens is 365 g/mol. The lowest BCUT2D eigenvalue weighted by Crippen LogP contribution is -2.15. The maximum Gasteiger partial charge on any atom is 0.451 e. The molecule has 26 heavy (non-hydrogen) atoms. The number of fused-ring (bicyclic) bond motifs is 2. The van der Waals surface area contributed by atoms with Crippen molar-refractivity contribution >= 4 is 17.5 Å². The van der Waals surface area contributed by atoms with Gasteiger partial charge in [0.25, 0.3) is 0 Å². The van der Waals surface area contributed by atoms with E-state index in [4.69, 9.17) is 4.74 Å². The molecule has 9 heteroatoms. The predicted octanol–water partition coefficient (Wildman–Crippen LogP) is 4.43. The molecule has 0 saturated heterocycles. The Morgan fingerprint density at radius 2 is 2.04 bits per heavy atom. The second kappa shape index (κ2) is 7.45. The zero-order valence-electron chi connectivity index (χ0n) is 14.1. The molecule has 2 aromatic rings. The van der Waals surface area contributed by atoms with Gasteiger partial charge in [0.05, 0.1) is 17.8 Å². The van der Waals surface area contributed by atoms with Crippen LogP contribution in [-0.4, -0.2) is 20.6 Å². The number of rotatable bonds is 1. The highest BCUT2D eigenvalue weighted by molar-refractivity contribution is 8.03. The van der Waals surface area contributed by atoms with E-state index in [-0.39, 0.29) is 6.04 Å². The largest absolute Gasteiger partial charge is 0.464 e. The highest BCUT2D eigenvalue weighted by atomic mass is 32.2. The quantitative estimate of drug-likeness (QED) is 0.791. The fourth-order valence-electron chi connectivity index (χ4n) is 2.47. The summed E-state index contributed by atoms with van der Waals surface area (Å²) in [5, 5.41) is 9.57. The number of thioether (sulfide) groups is 1. The third-order valence-electron chi connectivity index (χ3n) is 3.68. The number of allylic oxidation sites excluding steroid dienone is 1. The van der Waals surface area contributed by atoms with Crippen molar-refractivity contribution in [3.05, 3.63) is 59.2 Å². The van der Waals surface area contributed by atoms with Crippen LogP contribution in [0.15, 0.2) is 47.8 Å². The van der Waals surface area contributed by atoms with Gasteiger partial charge in [-0.1, -0.05) is 12.1 Å². The van der Waals surface area contributed by atoms with Crippen molar-refractivity contribution in [3.63, 3.8) is 0 Å². The van der Waals surface area contributed by atoms with Crippen molar-refractivity contribution < 1.29 is 17.9 Å². The first-order valence-corrected chi connectivity index (χ1v) is 8.86. The van der Waals surface area contributed by atoms with Crippen LogP contribution >= 0.6 is 11.8 Å². The Kier molecular flexibility index (Phi) is 5.26. The summed E-state index contributed by atoms with van der Waals surface area (Å²) in [6, 6.07) is 7.80. The summed E-state index contributed by atoms with van der Waals surface area (Å²) in [5.74, 6) is 0.921. The van der Waals surface area contributed by atoms with Crippen LogP contribution in [0.2, 0.25) is 0 Å². The van der Waals surface area contributed by atoms with E-state index >= 15 is 0 Å². The van der Waals surface area contributed by atoms with Gasteiger partial charge in [-0.25, -0.2) is 0 Å². The average molecular weight is 382 g/mol. The van der Waals surface area contributed by atoms with Gasteiger partial charge in [-0.3, -0.25) is 0 Å². The molecule has 0 bridgehead atoms. The Morgan fingerprint density at radius 1 is 1.27 bits per heavy atom. The van der Waals surface area contributed by atoms with E-state index < -0.39 is 12.0 Å². The molecule has 1 aromatic carbocycles. The van der Waals surface area contributed by atoms with Crippen LogP contribution in [0, 0.1) is 0 Å². The molecule has 0 fully saturated rings. The van der Waals surface area contributed by atoms with Crippen molar-refractivity contribution in [3.8, 4) is 5.75 Å². The normalized spacial score (nSPS) is 15.5. The summed E-state index contributed by atoms with van der Waals surface area (Å²) in [6.45, 7) is 3.28. The Morgan fingerprint density at radius 3 is 2.73 bits per heavy atom. The molecule has 0 unspecified atom stereocenters. The standard InChI is InChI=1S/C11H9NOS.C6H8F3N3/c1-2-4-9-8(3-1)11-10(5-6-13-9)14-7-12-11;1-4(2)12-3-10-11-5(12)6(7,8)9/h1-6,12H,7H2;3-4H,1-2H3. The zero-order valence-corrected chi connectivity index (χ0v) is 14.9. The first-order chi connectivity index (χ1) is 12.4. The maximum absolute atomic E-state index is 12.1. The van der Waals surface area contributed by atoms with Gasteiger partial charge in [-0.2, -0.15) is 13.2 Å². The molecule has 5 nitrogen and oxygen atoms in total. The number of hydrogen-bond donors (Lipinski definition) is 1. The monoisotopic (exact) mass is 382 g/mol. The first kappa shape index (κ1) is 18.4.